The summed E-state index contributed by atoms with van der Waals surface area (Å²) in [4.78, 5) is 14.1. The smallest absolute Gasteiger partial charge is 0.326 e. The summed E-state index contributed by atoms with van der Waals surface area (Å²) in [7, 11) is 1.56. The molecule has 1 heterocycles. The fourth-order valence-electron chi connectivity index (χ4n) is 1.53. The van der Waals surface area contributed by atoms with E-state index in [1.807, 2.05) is 0 Å². The highest BCUT2D eigenvalue weighted by atomic mass is 19.1. The molecule has 0 saturated carbocycles. The number of hydrogen-bond acceptors (Lipinski definition) is 2. The number of imidazole rings is 1. The Morgan fingerprint density at radius 1 is 1.53 bits per heavy atom. The van der Waals surface area contributed by atoms with E-state index in [1.165, 1.54) is 16.7 Å². The minimum absolute atomic E-state index is 0.243. The van der Waals surface area contributed by atoms with Crippen LogP contribution in [0.5, 0.6) is 0 Å². The summed E-state index contributed by atoms with van der Waals surface area (Å²) >= 11 is 0. The Bertz CT molecular complexity index is 530. The number of benzene rings is 1. The molecule has 0 aliphatic rings. The average Bonchev–Trinajstić information content (AvgIpc) is 2.51. The van der Waals surface area contributed by atoms with Gasteiger partial charge in [-0.15, -0.1) is 0 Å². The van der Waals surface area contributed by atoms with Crippen molar-refractivity contribution in [2.45, 2.75) is 6.54 Å². The Morgan fingerprint density at radius 2 is 2.33 bits per heavy atom. The number of nitrogens with zero attached hydrogens (tertiary/aromatic N) is 1. The first-order valence-corrected chi connectivity index (χ1v) is 4.59. The lowest BCUT2D eigenvalue weighted by Crippen LogP contribution is -2.19. The van der Waals surface area contributed by atoms with E-state index in [4.69, 9.17) is 4.74 Å². The number of ether oxygens (including phenoxy) is 1. The van der Waals surface area contributed by atoms with Gasteiger partial charge >= 0.3 is 5.69 Å². The summed E-state index contributed by atoms with van der Waals surface area (Å²) < 4.78 is 19.3. The second kappa shape index (κ2) is 3.86. The number of hydrogen-bond donors (Lipinski definition) is 1. The quantitative estimate of drug-likeness (QED) is 0.825. The van der Waals surface area contributed by atoms with Crippen molar-refractivity contribution in [3.8, 4) is 0 Å². The zero-order valence-electron chi connectivity index (χ0n) is 8.29. The molecule has 0 aliphatic heterocycles. The topological polar surface area (TPSA) is 47.0 Å². The Labute approximate surface area is 85.3 Å². The van der Waals surface area contributed by atoms with Crippen molar-refractivity contribution >= 4 is 11.0 Å². The summed E-state index contributed by atoms with van der Waals surface area (Å²) in [6.07, 6.45) is 0. The van der Waals surface area contributed by atoms with E-state index in [2.05, 4.69) is 4.98 Å². The maximum absolute atomic E-state index is 13.0. The Kier molecular flexibility index (Phi) is 2.55. The maximum atomic E-state index is 13.0. The van der Waals surface area contributed by atoms with Gasteiger partial charge in [-0.1, -0.05) is 0 Å². The lowest BCUT2D eigenvalue weighted by atomic mass is 10.3. The normalized spacial score (nSPS) is 11.1. The molecule has 0 amide bonds. The Morgan fingerprint density at radius 3 is 3.07 bits per heavy atom. The van der Waals surface area contributed by atoms with Crippen molar-refractivity contribution in [3.63, 3.8) is 0 Å². The number of aromatic nitrogens is 2. The van der Waals surface area contributed by atoms with Gasteiger partial charge in [0.05, 0.1) is 24.2 Å². The zero-order valence-corrected chi connectivity index (χ0v) is 8.29. The van der Waals surface area contributed by atoms with Crippen molar-refractivity contribution in [1.82, 2.24) is 9.55 Å². The molecule has 2 rings (SSSR count). The molecule has 0 unspecified atom stereocenters. The fraction of sp³-hybridized carbons (Fsp3) is 0.300. The van der Waals surface area contributed by atoms with Crippen molar-refractivity contribution < 1.29 is 9.13 Å². The molecule has 80 valence electrons. The molecule has 0 atom stereocenters. The van der Waals surface area contributed by atoms with Crippen LogP contribution in [0.4, 0.5) is 4.39 Å². The number of methoxy groups -OCH3 is 1. The number of nitrogens with one attached hydrogen (secondary N) is 1. The number of rotatable bonds is 3. The van der Waals surface area contributed by atoms with Crippen LogP contribution in [0, 0.1) is 5.82 Å². The van der Waals surface area contributed by atoms with Crippen molar-refractivity contribution in [3.05, 3.63) is 34.5 Å². The van der Waals surface area contributed by atoms with E-state index >= 15 is 0 Å². The molecular weight excluding hydrogens is 199 g/mol. The van der Waals surface area contributed by atoms with Crippen LogP contribution in [0.3, 0.4) is 0 Å². The third-order valence-electron chi connectivity index (χ3n) is 2.26. The molecule has 0 radical (unpaired) electrons. The van der Waals surface area contributed by atoms with Gasteiger partial charge in [0.1, 0.15) is 5.82 Å². The molecule has 2 aromatic rings. The largest absolute Gasteiger partial charge is 0.383 e. The summed E-state index contributed by atoms with van der Waals surface area (Å²) in [5.74, 6) is -0.354. The van der Waals surface area contributed by atoms with Gasteiger partial charge in [-0.3, -0.25) is 4.57 Å². The third kappa shape index (κ3) is 1.78. The van der Waals surface area contributed by atoms with Gasteiger partial charge in [0, 0.05) is 7.11 Å². The molecule has 4 nitrogen and oxygen atoms in total. The first kappa shape index (κ1) is 9.92. The van der Waals surface area contributed by atoms with Crippen LogP contribution in [0.25, 0.3) is 11.0 Å². The van der Waals surface area contributed by atoms with Crippen LogP contribution >= 0.6 is 0 Å². The van der Waals surface area contributed by atoms with Crippen molar-refractivity contribution in [1.29, 1.82) is 0 Å². The van der Waals surface area contributed by atoms with Gasteiger partial charge in [0.25, 0.3) is 0 Å². The number of halogens is 1. The van der Waals surface area contributed by atoms with E-state index in [-0.39, 0.29) is 11.5 Å². The monoisotopic (exact) mass is 210 g/mol. The molecule has 1 N–H and O–H groups in total. The summed E-state index contributed by atoms with van der Waals surface area (Å²) in [5.41, 5.74) is 0.960. The minimum Gasteiger partial charge on any atom is -0.383 e. The minimum atomic E-state index is -0.354. The fourth-order valence-corrected chi connectivity index (χ4v) is 1.53. The van der Waals surface area contributed by atoms with Crippen LogP contribution in [0.2, 0.25) is 0 Å². The van der Waals surface area contributed by atoms with Crippen LogP contribution < -0.4 is 5.69 Å². The van der Waals surface area contributed by atoms with E-state index in [1.54, 1.807) is 13.2 Å². The van der Waals surface area contributed by atoms with E-state index in [0.29, 0.717) is 24.2 Å². The van der Waals surface area contributed by atoms with Crippen molar-refractivity contribution in [2.75, 3.05) is 13.7 Å². The van der Waals surface area contributed by atoms with E-state index in [0.717, 1.165) is 0 Å². The standard InChI is InChI=1S/C10H11FN2O2/c1-15-5-4-13-9-6-7(11)2-3-8(9)12-10(13)14/h2-3,6H,4-5H2,1H3,(H,12,14). The van der Waals surface area contributed by atoms with Gasteiger partial charge in [-0.2, -0.15) is 0 Å². The number of aromatic amines is 1. The summed E-state index contributed by atoms with van der Waals surface area (Å²) in [6.45, 7) is 0.835. The maximum Gasteiger partial charge on any atom is 0.326 e. The molecule has 5 heteroatoms. The predicted octanol–water partition coefficient (Wildman–Crippen LogP) is 1.12. The van der Waals surface area contributed by atoms with Crippen LogP contribution in [-0.2, 0) is 11.3 Å². The number of fused-ring (bicyclic) bond motifs is 1. The Balaban J connectivity index is 2.55. The Hall–Kier alpha value is -1.62. The summed E-state index contributed by atoms with van der Waals surface area (Å²) in [6, 6.07) is 4.21. The van der Waals surface area contributed by atoms with Gasteiger partial charge < -0.3 is 9.72 Å². The van der Waals surface area contributed by atoms with Crippen LogP contribution in [0.1, 0.15) is 0 Å². The molecular formula is C10H11FN2O2. The highest BCUT2D eigenvalue weighted by molar-refractivity contribution is 5.75. The zero-order chi connectivity index (χ0) is 10.8. The molecule has 15 heavy (non-hydrogen) atoms. The lowest BCUT2D eigenvalue weighted by Gasteiger charge is -2.01. The first-order valence-electron chi connectivity index (χ1n) is 4.59. The molecule has 0 aliphatic carbocycles. The molecule has 0 saturated heterocycles. The van der Waals surface area contributed by atoms with E-state index < -0.39 is 0 Å². The van der Waals surface area contributed by atoms with Gasteiger partial charge in [-0.05, 0) is 18.2 Å². The van der Waals surface area contributed by atoms with Gasteiger partial charge in [0.15, 0.2) is 0 Å². The van der Waals surface area contributed by atoms with Crippen molar-refractivity contribution in [2.24, 2.45) is 0 Å². The molecule has 0 fully saturated rings. The van der Waals surface area contributed by atoms with Gasteiger partial charge in [0.2, 0.25) is 0 Å². The highest BCUT2D eigenvalue weighted by Gasteiger charge is 2.06. The molecule has 1 aromatic carbocycles. The third-order valence-corrected chi connectivity index (χ3v) is 2.26. The average molecular weight is 210 g/mol. The second-order valence-corrected chi connectivity index (χ2v) is 3.24. The van der Waals surface area contributed by atoms with E-state index in [9.17, 15) is 9.18 Å². The molecule has 0 bridgehead atoms. The molecule has 1 aromatic heterocycles. The molecule has 0 spiro atoms. The highest BCUT2D eigenvalue weighted by Crippen LogP contribution is 2.11. The SMILES string of the molecule is COCCn1c(=O)[nH]c2ccc(F)cc21. The first-order chi connectivity index (χ1) is 7.22. The van der Waals surface area contributed by atoms with Crippen LogP contribution in [-0.4, -0.2) is 23.3 Å². The number of H-pyrrole nitrogens is 1. The summed E-state index contributed by atoms with van der Waals surface area (Å²) in [5, 5.41) is 0. The second-order valence-electron chi connectivity index (χ2n) is 3.24. The predicted molar refractivity (Wildman–Crippen MR) is 54.4 cm³/mol. The lowest BCUT2D eigenvalue weighted by molar-refractivity contribution is 0.187. The van der Waals surface area contributed by atoms with Crippen LogP contribution in [0.15, 0.2) is 23.0 Å². The van der Waals surface area contributed by atoms with Gasteiger partial charge in [-0.25, -0.2) is 9.18 Å².